The Morgan fingerprint density at radius 1 is 0.765 bits per heavy atom. The molecule has 3 heterocycles. The van der Waals surface area contributed by atoms with E-state index in [1.54, 1.807) is 6.07 Å². The van der Waals surface area contributed by atoms with Crippen molar-refractivity contribution in [1.82, 2.24) is 14.5 Å². The van der Waals surface area contributed by atoms with E-state index in [4.69, 9.17) is 14.4 Å². The summed E-state index contributed by atoms with van der Waals surface area (Å²) in [5.74, 6) is 1.41. The van der Waals surface area contributed by atoms with Gasteiger partial charge in [0, 0.05) is 33.7 Å². The van der Waals surface area contributed by atoms with E-state index in [9.17, 15) is 5.11 Å². The molecule has 6 heteroatoms. The highest BCUT2D eigenvalue weighted by Gasteiger charge is 2.25. The number of fused-ring (bicyclic) bond motifs is 4. The Morgan fingerprint density at radius 2 is 1.47 bits per heavy atom. The number of nitrogens with zero attached hydrogens (tertiary/aromatic N) is 3. The normalized spacial score (nSPS) is 12.2. The molecule has 5 aromatic carbocycles. The highest BCUT2D eigenvalue weighted by Crippen LogP contribution is 2.43. The second kappa shape index (κ2) is 12.4. The van der Waals surface area contributed by atoms with E-state index in [0.29, 0.717) is 17.3 Å². The van der Waals surface area contributed by atoms with E-state index in [-0.39, 0.29) is 5.75 Å². The van der Waals surface area contributed by atoms with Gasteiger partial charge in [-0.25, -0.2) is 4.98 Å². The van der Waals surface area contributed by atoms with Gasteiger partial charge in [0.25, 0.3) is 0 Å². The van der Waals surface area contributed by atoms with Crippen molar-refractivity contribution >= 4 is 46.2 Å². The number of imidazole rings is 1. The molecule has 8 aromatic rings. The molecule has 0 amide bonds. The number of phenols is 1. The number of furan rings is 1. The van der Waals surface area contributed by atoms with Crippen molar-refractivity contribution in [2.45, 2.75) is 53.8 Å². The van der Waals surface area contributed by atoms with Crippen LogP contribution >= 0.6 is 0 Å². The molecule has 0 unspecified atom stereocenters. The first-order chi connectivity index (χ1) is 24.5. The Morgan fingerprint density at radius 3 is 2.22 bits per heavy atom. The third-order valence-corrected chi connectivity index (χ3v) is 12.0. The summed E-state index contributed by atoms with van der Waals surface area (Å²) in [6.45, 7) is 16.0. The Bertz CT molecular complexity index is 2600. The van der Waals surface area contributed by atoms with Crippen LogP contribution in [-0.2, 0) is 6.42 Å². The monoisotopic (exact) mass is 685 g/mol. The van der Waals surface area contributed by atoms with Gasteiger partial charge in [-0.1, -0.05) is 94.2 Å². The van der Waals surface area contributed by atoms with Gasteiger partial charge < -0.3 is 9.52 Å². The second-order valence-electron chi connectivity index (χ2n) is 15.3. The fraction of sp³-hybridized carbons (Fsp3) is 0.200. The van der Waals surface area contributed by atoms with E-state index >= 15 is 0 Å². The van der Waals surface area contributed by atoms with Gasteiger partial charge in [-0.2, -0.15) is 0 Å². The van der Waals surface area contributed by atoms with Gasteiger partial charge in [-0.05, 0) is 90.5 Å². The number of pyridine rings is 1. The number of hydrogen-bond donors (Lipinski definition) is 1. The summed E-state index contributed by atoms with van der Waals surface area (Å²) in [4.78, 5) is 10.5. The average molecular weight is 686 g/mol. The van der Waals surface area contributed by atoms with Gasteiger partial charge in [0.1, 0.15) is 22.7 Å². The number of aromatic nitrogens is 3. The molecular weight excluding hydrogens is 643 g/mol. The topological polar surface area (TPSA) is 64.1 Å². The van der Waals surface area contributed by atoms with Gasteiger partial charge in [-0.3, -0.25) is 9.55 Å². The molecule has 254 valence electrons. The predicted molar refractivity (Wildman–Crippen MR) is 215 cm³/mol. The first-order valence-corrected chi connectivity index (χ1v) is 21.3. The highest BCUT2D eigenvalue weighted by molar-refractivity contribution is 6.89. The number of hydrogen-bond acceptors (Lipinski definition) is 4. The molecule has 5 nitrogen and oxygen atoms in total. The second-order valence-corrected chi connectivity index (χ2v) is 20.3. The molecule has 0 spiro atoms. The molecule has 1 N–H and O–H groups in total. The van der Waals surface area contributed by atoms with Crippen LogP contribution in [0.3, 0.4) is 0 Å². The lowest BCUT2D eigenvalue weighted by molar-refractivity contribution is 0.477. The number of rotatable bonds is 7. The lowest BCUT2D eigenvalue weighted by atomic mass is 9.95. The van der Waals surface area contributed by atoms with Gasteiger partial charge in [0.05, 0.1) is 36.1 Å². The molecule has 3 aromatic heterocycles. The summed E-state index contributed by atoms with van der Waals surface area (Å²) in [7, 11) is -1.61. The summed E-state index contributed by atoms with van der Waals surface area (Å²) in [6.07, 6.45) is 3.16. The number of benzene rings is 5. The zero-order chi connectivity index (χ0) is 35.6. The fourth-order valence-corrected chi connectivity index (χ4v) is 9.25. The minimum atomic E-state index is -1.61. The van der Waals surface area contributed by atoms with Crippen LogP contribution < -0.4 is 5.19 Å². The maximum absolute atomic E-state index is 11.1. The standard InChI is InChI=1S/C45H43N3O2Si/c1-27(2)22-31-25-37(46-26-41(31)51(5,6)7)30-23-35-32-16-9-11-21-40(32)50-44(35)36(24-30)33-18-13-19-38-42(33)47-45(34-17-8-10-20-39(34)49)48(38)43-28(3)14-12-15-29(43)4/h8-21,23-27,49H,22H2,1-7H3. The lowest BCUT2D eigenvalue weighted by Crippen LogP contribution is -2.40. The molecule has 51 heavy (non-hydrogen) atoms. The van der Waals surface area contributed by atoms with Crippen LogP contribution in [0.4, 0.5) is 0 Å². The van der Waals surface area contributed by atoms with E-state index in [1.165, 1.54) is 10.8 Å². The van der Waals surface area contributed by atoms with E-state index in [0.717, 1.165) is 78.6 Å². The van der Waals surface area contributed by atoms with Crippen LogP contribution in [0.1, 0.15) is 30.5 Å². The van der Waals surface area contributed by atoms with Crippen LogP contribution in [0.15, 0.2) is 114 Å². The van der Waals surface area contributed by atoms with Crippen molar-refractivity contribution in [2.24, 2.45) is 5.92 Å². The molecule has 8 rings (SSSR count). The van der Waals surface area contributed by atoms with Crippen molar-refractivity contribution in [3.8, 4) is 45.2 Å². The largest absolute Gasteiger partial charge is 0.507 e. The Kier molecular flexibility index (Phi) is 7.95. The molecule has 0 atom stereocenters. The van der Waals surface area contributed by atoms with E-state index in [2.05, 4.69) is 125 Å². The Labute approximate surface area is 300 Å². The first-order valence-electron chi connectivity index (χ1n) is 17.8. The Balaban J connectivity index is 1.45. The predicted octanol–water partition coefficient (Wildman–Crippen LogP) is 11.4. The summed E-state index contributed by atoms with van der Waals surface area (Å²) in [5.41, 5.74) is 12.8. The van der Waals surface area contributed by atoms with Gasteiger partial charge in [0.15, 0.2) is 0 Å². The molecule has 0 saturated carbocycles. The maximum Gasteiger partial charge on any atom is 0.149 e. The quantitative estimate of drug-likeness (QED) is 0.170. The fourth-order valence-electron chi connectivity index (χ4n) is 7.66. The third-order valence-electron chi connectivity index (χ3n) is 9.98. The minimum Gasteiger partial charge on any atom is -0.507 e. The van der Waals surface area contributed by atoms with Crippen LogP contribution in [0.5, 0.6) is 5.75 Å². The molecular formula is C45H43N3O2Si. The zero-order valence-electron chi connectivity index (χ0n) is 30.4. The number of aromatic hydroxyl groups is 1. The zero-order valence-corrected chi connectivity index (χ0v) is 31.4. The van der Waals surface area contributed by atoms with Crippen molar-refractivity contribution in [3.05, 3.63) is 126 Å². The van der Waals surface area contributed by atoms with Crippen molar-refractivity contribution < 1.29 is 9.52 Å². The summed E-state index contributed by atoms with van der Waals surface area (Å²) in [6, 6.07) is 35.2. The molecule has 0 aliphatic heterocycles. The SMILES string of the molecule is Cc1cccc(C)c1-n1c(-c2ccccc2O)nc2c(-c3cc(-c4cc(CC(C)C)c([Si](C)(C)C)cn4)cc4c3oc3ccccc34)cccc21. The van der Waals surface area contributed by atoms with Crippen molar-refractivity contribution in [2.75, 3.05) is 0 Å². The summed E-state index contributed by atoms with van der Waals surface area (Å²) < 4.78 is 8.89. The highest BCUT2D eigenvalue weighted by atomic mass is 28.3. The van der Waals surface area contributed by atoms with Gasteiger partial charge in [0.2, 0.25) is 0 Å². The molecule has 0 fully saturated rings. The first kappa shape index (κ1) is 32.7. The van der Waals surface area contributed by atoms with E-state index in [1.807, 2.05) is 30.3 Å². The number of phenolic OH excluding ortho intramolecular Hbond substituents is 1. The molecule has 0 bridgehead atoms. The molecule has 0 saturated heterocycles. The van der Waals surface area contributed by atoms with Gasteiger partial charge in [-0.15, -0.1) is 0 Å². The van der Waals surface area contributed by atoms with Crippen LogP contribution in [0, 0.1) is 19.8 Å². The average Bonchev–Trinajstić information content (AvgIpc) is 3.66. The number of para-hydroxylation sites is 4. The van der Waals surface area contributed by atoms with Gasteiger partial charge >= 0.3 is 0 Å². The van der Waals surface area contributed by atoms with Crippen LogP contribution in [0.2, 0.25) is 19.6 Å². The summed E-state index contributed by atoms with van der Waals surface area (Å²) in [5, 5.41) is 14.7. The number of aryl methyl sites for hydroxylation is 2. The lowest BCUT2D eigenvalue weighted by Gasteiger charge is -2.22. The molecule has 0 radical (unpaired) electrons. The molecule has 0 aliphatic carbocycles. The third kappa shape index (κ3) is 5.64. The summed E-state index contributed by atoms with van der Waals surface area (Å²) >= 11 is 0. The maximum atomic E-state index is 11.1. The van der Waals surface area contributed by atoms with E-state index < -0.39 is 8.07 Å². The smallest absolute Gasteiger partial charge is 0.149 e. The van der Waals surface area contributed by atoms with Crippen LogP contribution in [-0.4, -0.2) is 27.7 Å². The van der Waals surface area contributed by atoms with Crippen molar-refractivity contribution in [1.29, 1.82) is 0 Å². The van der Waals surface area contributed by atoms with Crippen molar-refractivity contribution in [3.63, 3.8) is 0 Å². The van der Waals surface area contributed by atoms with Crippen LogP contribution in [0.25, 0.3) is 72.4 Å². The minimum absolute atomic E-state index is 0.188. The Hall–Kier alpha value is -5.46. The molecule has 0 aliphatic rings.